The third kappa shape index (κ3) is 6.08. The summed E-state index contributed by atoms with van der Waals surface area (Å²) in [4.78, 5) is 21.6. The zero-order valence-electron chi connectivity index (χ0n) is 17.6. The highest BCUT2D eigenvalue weighted by atomic mass is 35.5. The van der Waals surface area contributed by atoms with Crippen LogP contribution in [-0.4, -0.2) is 49.6 Å². The fraction of sp³-hybridized carbons (Fsp3) is 0.364. The van der Waals surface area contributed by atoms with E-state index in [2.05, 4.69) is 4.90 Å². The topological polar surface area (TPSA) is 45.7 Å². The molecule has 2 aromatic carbocycles. The lowest BCUT2D eigenvalue weighted by atomic mass is 10.2. The highest BCUT2D eigenvalue weighted by Crippen LogP contribution is 2.35. The highest BCUT2D eigenvalue weighted by Gasteiger charge is 2.21. The summed E-state index contributed by atoms with van der Waals surface area (Å²) in [5.74, 6) is 0.567. The molecule has 0 aliphatic rings. The molecule has 0 spiro atoms. The zero-order chi connectivity index (χ0) is 21.0. The van der Waals surface area contributed by atoms with Gasteiger partial charge in [0.1, 0.15) is 5.75 Å². The molecule has 0 N–H and O–H groups in total. The predicted molar refractivity (Wildman–Crippen MR) is 129 cm³/mol. The fourth-order valence-electron chi connectivity index (χ4n) is 2.94. The van der Waals surface area contributed by atoms with Crippen molar-refractivity contribution in [2.45, 2.75) is 20.3 Å². The third-order valence-electron chi connectivity index (χ3n) is 4.59. The number of halogens is 2. The lowest BCUT2D eigenvalue weighted by Crippen LogP contribution is -2.36. The van der Waals surface area contributed by atoms with E-state index in [1.165, 1.54) is 11.3 Å². The van der Waals surface area contributed by atoms with Crippen LogP contribution in [0, 0.1) is 13.8 Å². The molecule has 0 aliphatic carbocycles. The predicted octanol–water partition coefficient (Wildman–Crippen LogP) is 5.35. The number of rotatable bonds is 8. The average Bonchev–Trinajstić information content (AvgIpc) is 3.14. The van der Waals surface area contributed by atoms with E-state index >= 15 is 0 Å². The van der Waals surface area contributed by atoms with Crippen molar-refractivity contribution >= 4 is 56.6 Å². The lowest BCUT2D eigenvalue weighted by molar-refractivity contribution is -0.120. The molecule has 0 aliphatic heterocycles. The van der Waals surface area contributed by atoms with Gasteiger partial charge in [-0.05, 0) is 64.7 Å². The van der Waals surface area contributed by atoms with Gasteiger partial charge in [-0.25, -0.2) is 4.98 Å². The van der Waals surface area contributed by atoms with Gasteiger partial charge >= 0.3 is 0 Å². The number of anilines is 1. The van der Waals surface area contributed by atoms with Crippen molar-refractivity contribution in [3.8, 4) is 5.75 Å². The quantitative estimate of drug-likeness (QED) is 0.447. The van der Waals surface area contributed by atoms with Crippen LogP contribution in [0.25, 0.3) is 10.2 Å². The molecule has 0 unspecified atom stereocenters. The van der Waals surface area contributed by atoms with E-state index in [0.717, 1.165) is 34.3 Å². The minimum absolute atomic E-state index is 0. The summed E-state index contributed by atoms with van der Waals surface area (Å²) in [5.41, 5.74) is 3.04. The van der Waals surface area contributed by atoms with Crippen molar-refractivity contribution in [2.75, 3.05) is 38.7 Å². The number of carbonyl (C=O) groups is 1. The van der Waals surface area contributed by atoms with Gasteiger partial charge < -0.3 is 9.64 Å². The van der Waals surface area contributed by atoms with E-state index in [4.69, 9.17) is 21.3 Å². The molecule has 1 aromatic heterocycles. The van der Waals surface area contributed by atoms with Crippen LogP contribution in [0.3, 0.4) is 0 Å². The van der Waals surface area contributed by atoms with Gasteiger partial charge in [-0.1, -0.05) is 46.7 Å². The number of ether oxygens (including phenoxy) is 1. The summed E-state index contributed by atoms with van der Waals surface area (Å²) in [6.07, 6.45) is 0.839. The van der Waals surface area contributed by atoms with Gasteiger partial charge in [0.25, 0.3) is 5.91 Å². The van der Waals surface area contributed by atoms with Gasteiger partial charge in [-0.3, -0.25) is 9.69 Å². The smallest absolute Gasteiger partial charge is 0.266 e. The monoisotopic (exact) mass is 467 g/mol. The van der Waals surface area contributed by atoms with Gasteiger partial charge in [0, 0.05) is 6.54 Å². The van der Waals surface area contributed by atoms with Crippen LogP contribution in [0.15, 0.2) is 36.4 Å². The van der Waals surface area contributed by atoms with Crippen LogP contribution >= 0.6 is 35.3 Å². The van der Waals surface area contributed by atoms with Gasteiger partial charge in [-0.2, -0.15) is 0 Å². The molecule has 0 bridgehead atoms. The van der Waals surface area contributed by atoms with Crippen molar-refractivity contribution in [2.24, 2.45) is 0 Å². The molecule has 30 heavy (non-hydrogen) atoms. The number of nitrogens with zero attached hydrogens (tertiary/aromatic N) is 3. The van der Waals surface area contributed by atoms with Crippen LogP contribution in [-0.2, 0) is 4.79 Å². The van der Waals surface area contributed by atoms with E-state index in [0.29, 0.717) is 22.4 Å². The maximum Gasteiger partial charge on any atom is 0.266 e. The first-order chi connectivity index (χ1) is 13.8. The SMILES string of the molecule is Cc1ccc(OCC(=O)N(CCCN(C)C)c2nc3c(C)ccc(Cl)c3s2)cc1.Cl. The Morgan fingerprint density at radius 1 is 1.10 bits per heavy atom. The molecule has 5 nitrogen and oxygen atoms in total. The number of benzene rings is 2. The molecule has 3 rings (SSSR count). The van der Waals surface area contributed by atoms with Gasteiger partial charge in [0.15, 0.2) is 11.7 Å². The summed E-state index contributed by atoms with van der Waals surface area (Å²) in [6.45, 7) is 5.44. The molecule has 8 heteroatoms. The summed E-state index contributed by atoms with van der Waals surface area (Å²) in [5, 5.41) is 1.32. The van der Waals surface area contributed by atoms with E-state index in [1.807, 2.05) is 64.3 Å². The molecular weight excluding hydrogens is 441 g/mol. The Kier molecular flexibility index (Phi) is 8.92. The number of thiazole rings is 1. The largest absolute Gasteiger partial charge is 0.484 e. The van der Waals surface area contributed by atoms with Crippen molar-refractivity contribution in [1.82, 2.24) is 9.88 Å². The minimum Gasteiger partial charge on any atom is -0.484 e. The third-order valence-corrected chi connectivity index (χ3v) is 6.13. The maximum absolute atomic E-state index is 13.0. The molecule has 0 radical (unpaired) electrons. The summed E-state index contributed by atoms with van der Waals surface area (Å²) >= 11 is 7.81. The Balaban J connectivity index is 0.00000320. The number of carbonyl (C=O) groups excluding carboxylic acids is 1. The Morgan fingerprint density at radius 2 is 1.80 bits per heavy atom. The molecular formula is C22H27Cl2N3O2S. The number of aryl methyl sites for hydroxylation is 2. The van der Waals surface area contributed by atoms with Crippen LogP contribution in [0.2, 0.25) is 5.02 Å². The molecule has 0 atom stereocenters. The van der Waals surface area contributed by atoms with Crippen LogP contribution in [0.4, 0.5) is 5.13 Å². The van der Waals surface area contributed by atoms with E-state index in [1.54, 1.807) is 4.90 Å². The van der Waals surface area contributed by atoms with E-state index in [9.17, 15) is 4.79 Å². The normalized spacial score (nSPS) is 10.9. The van der Waals surface area contributed by atoms with Gasteiger partial charge in [0.2, 0.25) is 0 Å². The first-order valence-corrected chi connectivity index (χ1v) is 10.7. The summed E-state index contributed by atoms with van der Waals surface area (Å²) in [6, 6.07) is 11.5. The average molecular weight is 468 g/mol. The van der Waals surface area contributed by atoms with Gasteiger partial charge in [-0.15, -0.1) is 12.4 Å². The Morgan fingerprint density at radius 3 is 2.43 bits per heavy atom. The minimum atomic E-state index is -0.114. The summed E-state index contributed by atoms with van der Waals surface area (Å²) in [7, 11) is 4.04. The molecule has 0 saturated heterocycles. The van der Waals surface area contributed by atoms with Crippen molar-refractivity contribution in [1.29, 1.82) is 0 Å². The fourth-order valence-corrected chi connectivity index (χ4v) is 4.30. The second-order valence-electron chi connectivity index (χ2n) is 7.34. The van der Waals surface area contributed by atoms with Crippen LogP contribution in [0.5, 0.6) is 5.75 Å². The lowest BCUT2D eigenvalue weighted by Gasteiger charge is -2.21. The maximum atomic E-state index is 13.0. The zero-order valence-corrected chi connectivity index (χ0v) is 20.0. The van der Waals surface area contributed by atoms with Crippen molar-refractivity contribution in [3.05, 3.63) is 52.5 Å². The molecule has 1 heterocycles. The number of hydrogen-bond acceptors (Lipinski definition) is 5. The van der Waals surface area contributed by atoms with Gasteiger partial charge in [0.05, 0.1) is 15.2 Å². The molecule has 0 saturated carbocycles. The molecule has 0 fully saturated rings. The van der Waals surface area contributed by atoms with E-state index in [-0.39, 0.29) is 24.9 Å². The number of fused-ring (bicyclic) bond motifs is 1. The van der Waals surface area contributed by atoms with Crippen molar-refractivity contribution in [3.63, 3.8) is 0 Å². The second-order valence-corrected chi connectivity index (χ2v) is 8.73. The van der Waals surface area contributed by atoms with Crippen LogP contribution in [0.1, 0.15) is 17.5 Å². The first-order valence-electron chi connectivity index (χ1n) is 9.55. The number of hydrogen-bond donors (Lipinski definition) is 0. The standard InChI is InChI=1S/C22H26ClN3O2S.ClH/c1-15-6-9-17(10-7-15)28-14-19(27)26(13-5-12-25(3)4)22-24-20-16(2)8-11-18(23)21(20)29-22;/h6-11H,5,12-14H2,1-4H3;1H. The first kappa shape index (κ1) is 24.4. The van der Waals surface area contributed by atoms with E-state index < -0.39 is 0 Å². The summed E-state index contributed by atoms with van der Waals surface area (Å²) < 4.78 is 6.63. The molecule has 162 valence electrons. The Labute approximate surface area is 193 Å². The number of aromatic nitrogens is 1. The number of amides is 1. The van der Waals surface area contributed by atoms with Crippen LogP contribution < -0.4 is 9.64 Å². The second kappa shape index (κ2) is 11.0. The Bertz CT molecular complexity index is 951. The Hall–Kier alpha value is -1.86. The molecule has 1 amide bonds. The van der Waals surface area contributed by atoms with Crippen molar-refractivity contribution < 1.29 is 9.53 Å². The molecule has 3 aromatic rings. The highest BCUT2D eigenvalue weighted by molar-refractivity contribution is 7.23.